The molecule has 23 heavy (non-hydrogen) atoms. The predicted octanol–water partition coefficient (Wildman–Crippen LogP) is 3.97. The minimum absolute atomic E-state index is 0.203. The molecule has 2 rings (SSSR count). The molecule has 0 N–H and O–H groups in total. The van der Waals surface area contributed by atoms with Gasteiger partial charge >= 0.3 is 12.1 Å². The molecule has 1 fully saturated rings. The number of hydrogen-bond acceptors (Lipinski definition) is 3. The molecule has 0 saturated heterocycles. The number of esters is 1. The molecule has 2 unspecified atom stereocenters. The zero-order chi connectivity index (χ0) is 17.6. The molecule has 1 aromatic heterocycles. The van der Waals surface area contributed by atoms with Crippen molar-refractivity contribution >= 4 is 17.6 Å². The van der Waals surface area contributed by atoms with Crippen LogP contribution in [0.2, 0.25) is 0 Å². The van der Waals surface area contributed by atoms with Crippen LogP contribution in [-0.4, -0.2) is 24.2 Å². The summed E-state index contributed by atoms with van der Waals surface area (Å²) in [7, 11) is 1.13. The summed E-state index contributed by atoms with van der Waals surface area (Å²) in [4.78, 5) is 15.7. The summed E-state index contributed by atoms with van der Waals surface area (Å²) in [6, 6.07) is 2.41. The molecule has 0 bridgehead atoms. The van der Waals surface area contributed by atoms with E-state index in [2.05, 4.69) is 4.98 Å². The van der Waals surface area contributed by atoms with E-state index in [1.165, 1.54) is 6.07 Å². The second-order valence-corrected chi connectivity index (χ2v) is 6.29. The molecule has 1 aliphatic rings. The van der Waals surface area contributed by atoms with Crippen LogP contribution in [0.25, 0.3) is 0 Å². The van der Waals surface area contributed by atoms with Gasteiger partial charge in [0.05, 0.1) is 7.11 Å². The Kier molecular flexibility index (Phi) is 4.22. The van der Waals surface area contributed by atoms with Gasteiger partial charge in [-0.05, 0) is 23.1 Å². The van der Waals surface area contributed by atoms with E-state index in [-0.39, 0.29) is 5.56 Å². The third-order valence-electron chi connectivity index (χ3n) is 4.45. The summed E-state index contributed by atoms with van der Waals surface area (Å²) in [5, 5.41) is -1.32. The average molecular weight is 352 g/mol. The van der Waals surface area contributed by atoms with Crippen molar-refractivity contribution in [3.8, 4) is 0 Å². The van der Waals surface area contributed by atoms with Crippen LogP contribution in [0.15, 0.2) is 29.4 Å². The molecule has 0 spiro atoms. The fourth-order valence-corrected chi connectivity index (χ4v) is 3.37. The van der Waals surface area contributed by atoms with E-state index in [9.17, 15) is 22.4 Å². The van der Waals surface area contributed by atoms with Gasteiger partial charge in [0.25, 0.3) is 0 Å². The quantitative estimate of drug-likeness (QED) is 0.470. The number of methoxy groups -OCH3 is 1. The van der Waals surface area contributed by atoms with E-state index < -0.39 is 39.9 Å². The molecule has 1 aliphatic carbocycles. The third-order valence-corrected chi connectivity index (χ3v) is 4.79. The molecule has 2 atom stereocenters. The van der Waals surface area contributed by atoms with Gasteiger partial charge in [-0.3, -0.25) is 4.79 Å². The largest absolute Gasteiger partial charge is 0.468 e. The Morgan fingerprint density at radius 1 is 1.43 bits per heavy atom. The van der Waals surface area contributed by atoms with Gasteiger partial charge in [-0.25, -0.2) is 4.98 Å². The van der Waals surface area contributed by atoms with Gasteiger partial charge in [-0.15, -0.1) is 0 Å². The minimum Gasteiger partial charge on any atom is -0.468 e. The van der Waals surface area contributed by atoms with E-state index >= 15 is 0 Å². The fourth-order valence-electron chi connectivity index (χ4n) is 3.25. The summed E-state index contributed by atoms with van der Waals surface area (Å²) in [6.45, 7) is 3.20. The van der Waals surface area contributed by atoms with Gasteiger partial charge in [0.15, 0.2) is 0 Å². The van der Waals surface area contributed by atoms with Crippen LogP contribution in [0.4, 0.5) is 17.6 Å². The smallest absolute Gasteiger partial charge is 0.426 e. The van der Waals surface area contributed by atoms with Crippen molar-refractivity contribution in [2.75, 3.05) is 7.11 Å². The molecule has 8 heteroatoms. The van der Waals surface area contributed by atoms with Crippen molar-refractivity contribution in [2.24, 2.45) is 11.3 Å². The maximum absolute atomic E-state index is 13.4. The average Bonchev–Trinajstić information content (AvgIpc) is 2.93. The van der Waals surface area contributed by atoms with Crippen molar-refractivity contribution in [1.82, 2.24) is 4.98 Å². The van der Waals surface area contributed by atoms with Gasteiger partial charge < -0.3 is 4.74 Å². The number of carbonyl (C=O) groups is 1. The maximum Gasteiger partial charge on any atom is 0.426 e. The van der Waals surface area contributed by atoms with Crippen LogP contribution < -0.4 is 0 Å². The fraction of sp³-hybridized carbons (Fsp3) is 0.467. The van der Waals surface area contributed by atoms with E-state index in [1.807, 2.05) is 0 Å². The normalized spacial score (nSPS) is 26.8. The van der Waals surface area contributed by atoms with Crippen molar-refractivity contribution in [2.45, 2.75) is 25.4 Å². The lowest BCUT2D eigenvalue weighted by molar-refractivity contribution is -0.145. The number of hydrogen-bond donors (Lipinski definition) is 0. The summed E-state index contributed by atoms with van der Waals surface area (Å²) < 4.78 is 56.3. The Morgan fingerprint density at radius 2 is 2.04 bits per heavy atom. The Morgan fingerprint density at radius 3 is 2.52 bits per heavy atom. The van der Waals surface area contributed by atoms with Gasteiger partial charge in [-0.2, -0.15) is 17.6 Å². The number of allylic oxidation sites excluding steroid dienone is 2. The molecule has 0 aromatic carbocycles. The van der Waals surface area contributed by atoms with Gasteiger partial charge in [0.1, 0.15) is 10.4 Å². The Labute approximate surface area is 135 Å². The number of aromatic nitrogens is 1. The molecule has 126 valence electrons. The molecule has 1 saturated carbocycles. The maximum atomic E-state index is 13.4. The molecular weight excluding hydrogens is 338 g/mol. The first-order valence-electron chi connectivity index (χ1n) is 6.64. The lowest BCUT2D eigenvalue weighted by Crippen LogP contribution is -2.28. The van der Waals surface area contributed by atoms with Crippen molar-refractivity contribution in [3.63, 3.8) is 0 Å². The Hall–Kier alpha value is -1.63. The van der Waals surface area contributed by atoms with Crippen molar-refractivity contribution in [1.29, 1.82) is 0 Å². The SMILES string of the molecule is COC(=O)C1(c2ccnc(F)c2)C(/C=C(/Cl)C(F)(F)F)C1(C)C. The lowest BCUT2D eigenvalue weighted by Gasteiger charge is -2.18. The number of rotatable bonds is 3. The number of nitrogens with zero attached hydrogens (tertiary/aromatic N) is 1. The van der Waals surface area contributed by atoms with Crippen molar-refractivity contribution < 1.29 is 27.1 Å². The lowest BCUT2D eigenvalue weighted by atomic mass is 9.88. The molecule has 0 aliphatic heterocycles. The summed E-state index contributed by atoms with van der Waals surface area (Å²) >= 11 is 5.31. The van der Waals surface area contributed by atoms with Crippen LogP contribution in [0.3, 0.4) is 0 Å². The highest BCUT2D eigenvalue weighted by molar-refractivity contribution is 6.30. The standard InChI is InChI=1S/C15H14ClF4NO2/c1-13(2)9(7-10(16)15(18,19)20)14(13,12(22)23-3)8-4-5-21-11(17)6-8/h4-7,9H,1-3H3/b10-7+. The first kappa shape index (κ1) is 17.7. The zero-order valence-electron chi connectivity index (χ0n) is 12.5. The topological polar surface area (TPSA) is 39.2 Å². The number of pyridine rings is 1. The second kappa shape index (κ2) is 5.47. The van der Waals surface area contributed by atoms with Crippen molar-refractivity contribution in [3.05, 3.63) is 40.9 Å². The number of alkyl halides is 3. The molecule has 0 amide bonds. The summed E-state index contributed by atoms with van der Waals surface area (Å²) in [5.41, 5.74) is -2.18. The second-order valence-electron chi connectivity index (χ2n) is 5.88. The van der Waals surface area contributed by atoms with Crippen LogP contribution >= 0.6 is 11.6 Å². The van der Waals surface area contributed by atoms with Gasteiger partial charge in [0.2, 0.25) is 5.95 Å². The van der Waals surface area contributed by atoms with Crippen LogP contribution in [-0.2, 0) is 14.9 Å². The summed E-state index contributed by atoms with van der Waals surface area (Å²) in [5.74, 6) is -2.47. The summed E-state index contributed by atoms with van der Waals surface area (Å²) in [6.07, 6.45) is -2.78. The van der Waals surface area contributed by atoms with Gasteiger partial charge in [0, 0.05) is 12.1 Å². The molecular formula is C15H14ClF4NO2. The van der Waals surface area contributed by atoms with E-state index in [0.717, 1.165) is 25.4 Å². The number of halogens is 5. The van der Waals surface area contributed by atoms with E-state index in [4.69, 9.17) is 16.3 Å². The first-order valence-corrected chi connectivity index (χ1v) is 7.02. The highest BCUT2D eigenvalue weighted by Crippen LogP contribution is 2.71. The first-order chi connectivity index (χ1) is 10.5. The predicted molar refractivity (Wildman–Crippen MR) is 75.2 cm³/mol. The molecule has 1 heterocycles. The van der Waals surface area contributed by atoms with Crippen LogP contribution in [0.5, 0.6) is 0 Å². The van der Waals surface area contributed by atoms with E-state index in [1.54, 1.807) is 13.8 Å². The van der Waals surface area contributed by atoms with Crippen LogP contribution in [0, 0.1) is 17.3 Å². The number of ether oxygens (including phenoxy) is 1. The zero-order valence-corrected chi connectivity index (χ0v) is 13.3. The monoisotopic (exact) mass is 351 g/mol. The van der Waals surface area contributed by atoms with E-state index in [0.29, 0.717) is 0 Å². The third kappa shape index (κ3) is 2.60. The Bertz CT molecular complexity index is 672. The minimum atomic E-state index is -4.72. The molecule has 1 aromatic rings. The molecule has 3 nitrogen and oxygen atoms in total. The van der Waals surface area contributed by atoms with Crippen LogP contribution in [0.1, 0.15) is 19.4 Å². The Balaban J connectivity index is 2.59. The highest BCUT2D eigenvalue weighted by Gasteiger charge is 2.76. The van der Waals surface area contributed by atoms with Gasteiger partial charge in [-0.1, -0.05) is 31.5 Å². The molecule has 0 radical (unpaired) electrons. The highest BCUT2D eigenvalue weighted by atomic mass is 35.5. The number of carbonyl (C=O) groups excluding carboxylic acids is 1.